The molecule has 0 aliphatic carbocycles. The normalized spacial score (nSPS) is 15.1. The van der Waals surface area contributed by atoms with Gasteiger partial charge in [-0.25, -0.2) is 0 Å². The molecule has 0 amide bonds. The molecule has 0 spiro atoms. The summed E-state index contributed by atoms with van der Waals surface area (Å²) in [5.41, 5.74) is 0. The third kappa shape index (κ3) is 4.95. The first-order chi connectivity index (χ1) is 7.22. The molecule has 0 aliphatic heterocycles. The van der Waals surface area contributed by atoms with Crippen molar-refractivity contribution < 1.29 is 4.74 Å². The number of methoxy groups -OCH3 is 1. The molecule has 1 rings (SSSR count). The molecule has 0 radical (unpaired) electrons. The lowest BCUT2D eigenvalue weighted by Gasteiger charge is -2.19. The van der Waals surface area contributed by atoms with Gasteiger partial charge in [-0.05, 0) is 26.3 Å². The molecular formula is C11H21N3O. The minimum atomic E-state index is 0.405. The van der Waals surface area contributed by atoms with Crippen molar-refractivity contribution in [2.75, 3.05) is 13.7 Å². The van der Waals surface area contributed by atoms with Crippen LogP contribution in [0.4, 0.5) is 0 Å². The van der Waals surface area contributed by atoms with E-state index >= 15 is 0 Å². The molecule has 1 aromatic rings. The van der Waals surface area contributed by atoms with Gasteiger partial charge in [-0.15, -0.1) is 0 Å². The van der Waals surface area contributed by atoms with Gasteiger partial charge in [0.1, 0.15) is 0 Å². The molecule has 4 heteroatoms. The van der Waals surface area contributed by atoms with E-state index in [2.05, 4.69) is 24.3 Å². The van der Waals surface area contributed by atoms with Crippen LogP contribution in [0.2, 0.25) is 0 Å². The standard InChI is InChI=1S/C11H21N3O/c1-10(13-11(2)9-15-3)5-8-14-7-4-6-12-14/h4,6-7,10-11,13H,5,8-9H2,1-3H3. The Hall–Kier alpha value is -0.870. The van der Waals surface area contributed by atoms with E-state index in [0.29, 0.717) is 12.1 Å². The van der Waals surface area contributed by atoms with Crippen molar-refractivity contribution in [3.63, 3.8) is 0 Å². The van der Waals surface area contributed by atoms with E-state index in [0.717, 1.165) is 19.6 Å². The second-order valence-corrected chi connectivity index (χ2v) is 3.98. The van der Waals surface area contributed by atoms with Crippen LogP contribution in [0, 0.1) is 0 Å². The number of rotatable bonds is 7. The van der Waals surface area contributed by atoms with E-state index < -0.39 is 0 Å². The fourth-order valence-electron chi connectivity index (χ4n) is 1.63. The third-order valence-corrected chi connectivity index (χ3v) is 2.34. The second kappa shape index (κ2) is 6.58. The molecule has 2 unspecified atom stereocenters. The molecule has 0 aromatic carbocycles. The fraction of sp³-hybridized carbons (Fsp3) is 0.727. The zero-order valence-electron chi connectivity index (χ0n) is 9.81. The lowest BCUT2D eigenvalue weighted by molar-refractivity contribution is 0.166. The largest absolute Gasteiger partial charge is 0.383 e. The van der Waals surface area contributed by atoms with Gasteiger partial charge in [-0.3, -0.25) is 4.68 Å². The first-order valence-electron chi connectivity index (χ1n) is 5.44. The van der Waals surface area contributed by atoms with E-state index in [9.17, 15) is 0 Å². The summed E-state index contributed by atoms with van der Waals surface area (Å²) in [4.78, 5) is 0. The number of nitrogens with one attached hydrogen (secondary N) is 1. The molecule has 0 aliphatic rings. The minimum absolute atomic E-state index is 0.405. The third-order valence-electron chi connectivity index (χ3n) is 2.34. The molecule has 2 atom stereocenters. The van der Waals surface area contributed by atoms with E-state index in [1.165, 1.54) is 0 Å². The van der Waals surface area contributed by atoms with Gasteiger partial charge in [-0.2, -0.15) is 5.10 Å². The highest BCUT2D eigenvalue weighted by atomic mass is 16.5. The molecule has 0 fully saturated rings. The van der Waals surface area contributed by atoms with Gasteiger partial charge >= 0.3 is 0 Å². The molecule has 1 N–H and O–H groups in total. The Kier molecular flexibility index (Phi) is 5.36. The lowest BCUT2D eigenvalue weighted by Crippen LogP contribution is -2.37. The first kappa shape index (κ1) is 12.2. The van der Waals surface area contributed by atoms with Crippen molar-refractivity contribution in [3.8, 4) is 0 Å². The Morgan fingerprint density at radius 3 is 2.80 bits per heavy atom. The maximum Gasteiger partial charge on any atom is 0.0613 e. The minimum Gasteiger partial charge on any atom is -0.383 e. The molecular weight excluding hydrogens is 190 g/mol. The molecule has 86 valence electrons. The van der Waals surface area contributed by atoms with Crippen molar-refractivity contribution in [2.24, 2.45) is 0 Å². The van der Waals surface area contributed by atoms with Gasteiger partial charge in [0.05, 0.1) is 6.61 Å². The summed E-state index contributed by atoms with van der Waals surface area (Å²) >= 11 is 0. The SMILES string of the molecule is COCC(C)NC(C)CCn1cccn1. The highest BCUT2D eigenvalue weighted by Crippen LogP contribution is 1.97. The van der Waals surface area contributed by atoms with E-state index in [-0.39, 0.29) is 0 Å². The monoisotopic (exact) mass is 211 g/mol. The maximum absolute atomic E-state index is 5.07. The lowest BCUT2D eigenvalue weighted by atomic mass is 10.2. The second-order valence-electron chi connectivity index (χ2n) is 3.98. The molecule has 4 nitrogen and oxygen atoms in total. The van der Waals surface area contributed by atoms with Gasteiger partial charge < -0.3 is 10.1 Å². The number of aromatic nitrogens is 2. The highest BCUT2D eigenvalue weighted by Gasteiger charge is 2.06. The Labute approximate surface area is 91.6 Å². The summed E-state index contributed by atoms with van der Waals surface area (Å²) in [6.45, 7) is 6.04. The summed E-state index contributed by atoms with van der Waals surface area (Å²) < 4.78 is 7.03. The van der Waals surface area contributed by atoms with E-state index in [1.54, 1.807) is 7.11 Å². The van der Waals surface area contributed by atoms with Crippen molar-refractivity contribution in [1.29, 1.82) is 0 Å². The number of aryl methyl sites for hydroxylation is 1. The average Bonchev–Trinajstić information content (AvgIpc) is 2.67. The zero-order chi connectivity index (χ0) is 11.1. The van der Waals surface area contributed by atoms with Crippen LogP contribution < -0.4 is 5.32 Å². The summed E-state index contributed by atoms with van der Waals surface area (Å²) in [6.07, 6.45) is 4.88. The van der Waals surface area contributed by atoms with Crippen molar-refractivity contribution in [2.45, 2.75) is 38.9 Å². The fourth-order valence-corrected chi connectivity index (χ4v) is 1.63. The predicted octanol–water partition coefficient (Wildman–Crippen LogP) is 1.29. The van der Waals surface area contributed by atoms with Crippen molar-refractivity contribution >= 4 is 0 Å². The molecule has 15 heavy (non-hydrogen) atoms. The van der Waals surface area contributed by atoms with E-state index in [1.807, 2.05) is 23.1 Å². The predicted molar refractivity (Wildman–Crippen MR) is 60.8 cm³/mol. The first-order valence-corrected chi connectivity index (χ1v) is 5.44. The van der Waals surface area contributed by atoms with Crippen LogP contribution in [0.5, 0.6) is 0 Å². The Morgan fingerprint density at radius 1 is 1.40 bits per heavy atom. The van der Waals surface area contributed by atoms with Crippen LogP contribution in [-0.2, 0) is 11.3 Å². The smallest absolute Gasteiger partial charge is 0.0613 e. The van der Waals surface area contributed by atoms with E-state index in [4.69, 9.17) is 4.74 Å². The van der Waals surface area contributed by atoms with Crippen molar-refractivity contribution in [1.82, 2.24) is 15.1 Å². The Balaban J connectivity index is 2.15. The van der Waals surface area contributed by atoms with Crippen LogP contribution in [0.3, 0.4) is 0 Å². The zero-order valence-corrected chi connectivity index (χ0v) is 9.81. The quantitative estimate of drug-likeness (QED) is 0.738. The van der Waals surface area contributed by atoms with Crippen LogP contribution in [0.25, 0.3) is 0 Å². The molecule has 1 aromatic heterocycles. The maximum atomic E-state index is 5.07. The summed E-state index contributed by atoms with van der Waals surface area (Å²) in [6, 6.07) is 2.84. The van der Waals surface area contributed by atoms with Crippen LogP contribution >= 0.6 is 0 Å². The van der Waals surface area contributed by atoms with Gasteiger partial charge in [-0.1, -0.05) is 0 Å². The van der Waals surface area contributed by atoms with Crippen molar-refractivity contribution in [3.05, 3.63) is 18.5 Å². The number of nitrogens with zero attached hydrogens (tertiary/aromatic N) is 2. The molecule has 0 saturated heterocycles. The highest BCUT2D eigenvalue weighted by molar-refractivity contribution is 4.78. The number of hydrogen-bond acceptors (Lipinski definition) is 3. The Morgan fingerprint density at radius 2 is 2.20 bits per heavy atom. The van der Waals surface area contributed by atoms with Crippen LogP contribution in [0.15, 0.2) is 18.5 Å². The number of hydrogen-bond donors (Lipinski definition) is 1. The summed E-state index contributed by atoms with van der Waals surface area (Å²) in [7, 11) is 1.73. The van der Waals surface area contributed by atoms with Gasteiger partial charge in [0.25, 0.3) is 0 Å². The topological polar surface area (TPSA) is 39.1 Å². The summed E-state index contributed by atoms with van der Waals surface area (Å²) in [5, 5.41) is 7.64. The van der Waals surface area contributed by atoms with Gasteiger partial charge in [0.15, 0.2) is 0 Å². The molecule has 1 heterocycles. The van der Waals surface area contributed by atoms with Gasteiger partial charge in [0.2, 0.25) is 0 Å². The van der Waals surface area contributed by atoms with Crippen LogP contribution in [0.1, 0.15) is 20.3 Å². The number of ether oxygens (including phenoxy) is 1. The Bertz CT molecular complexity index is 248. The van der Waals surface area contributed by atoms with Gasteiger partial charge in [0, 0.05) is 38.1 Å². The molecule has 0 saturated carbocycles. The van der Waals surface area contributed by atoms with Crippen LogP contribution in [-0.4, -0.2) is 35.6 Å². The molecule has 0 bridgehead atoms. The average molecular weight is 211 g/mol. The summed E-state index contributed by atoms with van der Waals surface area (Å²) in [5.74, 6) is 0.